The van der Waals surface area contributed by atoms with Crippen molar-refractivity contribution in [3.63, 3.8) is 0 Å². The summed E-state index contributed by atoms with van der Waals surface area (Å²) in [4.78, 5) is 12.0. The molecule has 0 aromatic heterocycles. The van der Waals surface area contributed by atoms with Crippen molar-refractivity contribution in [3.05, 3.63) is 58.4 Å². The van der Waals surface area contributed by atoms with E-state index < -0.39 is 5.82 Å². The quantitative estimate of drug-likeness (QED) is 0.824. The van der Waals surface area contributed by atoms with Crippen molar-refractivity contribution in [2.24, 2.45) is 0 Å². The highest BCUT2D eigenvalue weighted by Crippen LogP contribution is 2.20. The number of nitrogens with one attached hydrogen (secondary N) is 1. The maximum absolute atomic E-state index is 13.0. The van der Waals surface area contributed by atoms with Crippen LogP contribution in [0.15, 0.2) is 36.4 Å². The standard InChI is InChI=1S/C14H12ClFN2O/c1-8-2-4-10(17)7-13(8)18-14(19)9-3-5-12(16)11(15)6-9/h2-7H,17H2,1H3,(H,18,19). The Morgan fingerprint density at radius 3 is 2.68 bits per heavy atom. The molecule has 3 N–H and O–H groups in total. The summed E-state index contributed by atoms with van der Waals surface area (Å²) in [6.07, 6.45) is 0. The second kappa shape index (κ2) is 5.28. The van der Waals surface area contributed by atoms with E-state index in [9.17, 15) is 9.18 Å². The number of benzene rings is 2. The summed E-state index contributed by atoms with van der Waals surface area (Å²) < 4.78 is 13.0. The fraction of sp³-hybridized carbons (Fsp3) is 0.0714. The molecular formula is C14H12ClFN2O. The molecule has 2 aromatic carbocycles. The van der Waals surface area contributed by atoms with E-state index in [1.807, 2.05) is 13.0 Å². The Kier molecular flexibility index (Phi) is 3.71. The smallest absolute Gasteiger partial charge is 0.255 e. The summed E-state index contributed by atoms with van der Waals surface area (Å²) in [5.74, 6) is -0.922. The fourth-order valence-corrected chi connectivity index (χ4v) is 1.79. The highest BCUT2D eigenvalue weighted by atomic mass is 35.5. The normalized spacial score (nSPS) is 10.3. The van der Waals surface area contributed by atoms with E-state index in [0.717, 1.165) is 11.6 Å². The lowest BCUT2D eigenvalue weighted by Gasteiger charge is -2.09. The second-order valence-electron chi connectivity index (χ2n) is 4.16. The van der Waals surface area contributed by atoms with E-state index in [1.165, 1.54) is 12.1 Å². The molecule has 2 aromatic rings. The number of aryl methyl sites for hydroxylation is 1. The number of amides is 1. The Balaban J connectivity index is 2.25. The van der Waals surface area contributed by atoms with Gasteiger partial charge < -0.3 is 11.1 Å². The molecule has 98 valence electrons. The molecule has 0 saturated heterocycles. The van der Waals surface area contributed by atoms with Gasteiger partial charge in [0.05, 0.1) is 5.02 Å². The molecule has 0 aliphatic rings. The molecule has 0 spiro atoms. The van der Waals surface area contributed by atoms with E-state index in [-0.39, 0.29) is 16.5 Å². The lowest BCUT2D eigenvalue weighted by atomic mass is 10.1. The number of anilines is 2. The molecule has 0 aliphatic heterocycles. The fourth-order valence-electron chi connectivity index (χ4n) is 1.61. The van der Waals surface area contributed by atoms with Gasteiger partial charge in [0, 0.05) is 16.9 Å². The van der Waals surface area contributed by atoms with Crippen LogP contribution in [0.3, 0.4) is 0 Å². The van der Waals surface area contributed by atoms with Gasteiger partial charge in [-0.25, -0.2) is 4.39 Å². The van der Waals surface area contributed by atoms with Gasteiger partial charge in [0.25, 0.3) is 5.91 Å². The van der Waals surface area contributed by atoms with Crippen LogP contribution in [0.1, 0.15) is 15.9 Å². The summed E-state index contributed by atoms with van der Waals surface area (Å²) in [5.41, 5.74) is 8.00. The van der Waals surface area contributed by atoms with E-state index in [2.05, 4.69) is 5.32 Å². The number of rotatable bonds is 2. The molecule has 19 heavy (non-hydrogen) atoms. The molecule has 0 fully saturated rings. The first-order valence-corrected chi connectivity index (χ1v) is 5.97. The molecule has 1 amide bonds. The number of halogens is 2. The summed E-state index contributed by atoms with van der Waals surface area (Å²) in [6, 6.07) is 9.04. The zero-order valence-corrected chi connectivity index (χ0v) is 11.0. The number of hydrogen-bond donors (Lipinski definition) is 2. The molecule has 0 aliphatic carbocycles. The minimum atomic E-state index is -0.557. The van der Waals surface area contributed by atoms with Crippen molar-refractivity contribution in [3.8, 4) is 0 Å². The van der Waals surface area contributed by atoms with Crippen molar-refractivity contribution >= 4 is 28.9 Å². The second-order valence-corrected chi connectivity index (χ2v) is 4.56. The van der Waals surface area contributed by atoms with Crippen LogP contribution >= 0.6 is 11.6 Å². The molecule has 2 rings (SSSR count). The predicted molar refractivity (Wildman–Crippen MR) is 75.0 cm³/mol. The van der Waals surface area contributed by atoms with Crippen LogP contribution in [0.5, 0.6) is 0 Å². The van der Waals surface area contributed by atoms with E-state index >= 15 is 0 Å². The monoisotopic (exact) mass is 278 g/mol. The minimum Gasteiger partial charge on any atom is -0.399 e. The SMILES string of the molecule is Cc1ccc(N)cc1NC(=O)c1ccc(F)c(Cl)c1. The summed E-state index contributed by atoms with van der Waals surface area (Å²) in [6.45, 7) is 1.85. The average molecular weight is 279 g/mol. The van der Waals surface area contributed by atoms with Gasteiger partial charge in [-0.3, -0.25) is 4.79 Å². The van der Waals surface area contributed by atoms with Crippen molar-refractivity contribution < 1.29 is 9.18 Å². The maximum atomic E-state index is 13.0. The van der Waals surface area contributed by atoms with E-state index in [0.29, 0.717) is 11.4 Å². The topological polar surface area (TPSA) is 55.1 Å². The number of hydrogen-bond acceptors (Lipinski definition) is 2. The third kappa shape index (κ3) is 3.03. The lowest BCUT2D eigenvalue weighted by molar-refractivity contribution is 0.102. The van der Waals surface area contributed by atoms with Gasteiger partial charge in [0.15, 0.2) is 0 Å². The Hall–Kier alpha value is -2.07. The molecule has 0 bridgehead atoms. The van der Waals surface area contributed by atoms with Crippen LogP contribution in [0, 0.1) is 12.7 Å². The lowest BCUT2D eigenvalue weighted by Crippen LogP contribution is -2.13. The first kappa shape index (κ1) is 13.4. The van der Waals surface area contributed by atoms with Crippen LogP contribution in [0.25, 0.3) is 0 Å². The van der Waals surface area contributed by atoms with Crippen molar-refractivity contribution in [1.82, 2.24) is 0 Å². The van der Waals surface area contributed by atoms with Crippen LogP contribution in [0.4, 0.5) is 15.8 Å². The van der Waals surface area contributed by atoms with Gasteiger partial charge in [-0.05, 0) is 42.8 Å². The zero-order valence-electron chi connectivity index (χ0n) is 10.2. The summed E-state index contributed by atoms with van der Waals surface area (Å²) in [7, 11) is 0. The zero-order chi connectivity index (χ0) is 14.0. The van der Waals surface area contributed by atoms with Crippen LogP contribution < -0.4 is 11.1 Å². The molecule has 0 heterocycles. The Morgan fingerprint density at radius 2 is 2.00 bits per heavy atom. The Morgan fingerprint density at radius 1 is 1.26 bits per heavy atom. The maximum Gasteiger partial charge on any atom is 0.255 e. The highest BCUT2D eigenvalue weighted by molar-refractivity contribution is 6.31. The number of nitrogens with two attached hydrogens (primary N) is 1. The van der Waals surface area contributed by atoms with Gasteiger partial charge in [0.2, 0.25) is 0 Å². The van der Waals surface area contributed by atoms with Gasteiger partial charge in [-0.15, -0.1) is 0 Å². The Bertz CT molecular complexity index is 643. The van der Waals surface area contributed by atoms with Crippen molar-refractivity contribution in [2.45, 2.75) is 6.92 Å². The number of carbonyl (C=O) groups excluding carboxylic acids is 1. The van der Waals surface area contributed by atoms with Crippen LogP contribution in [-0.4, -0.2) is 5.91 Å². The Labute approximate surface area is 115 Å². The van der Waals surface area contributed by atoms with E-state index in [1.54, 1.807) is 12.1 Å². The third-order valence-electron chi connectivity index (χ3n) is 2.69. The highest BCUT2D eigenvalue weighted by Gasteiger charge is 2.10. The third-order valence-corrected chi connectivity index (χ3v) is 2.98. The number of nitrogen functional groups attached to an aromatic ring is 1. The van der Waals surface area contributed by atoms with Crippen molar-refractivity contribution in [2.75, 3.05) is 11.1 Å². The van der Waals surface area contributed by atoms with Crippen molar-refractivity contribution in [1.29, 1.82) is 0 Å². The van der Waals surface area contributed by atoms with E-state index in [4.69, 9.17) is 17.3 Å². The van der Waals surface area contributed by atoms with Gasteiger partial charge >= 0.3 is 0 Å². The summed E-state index contributed by atoms with van der Waals surface area (Å²) in [5, 5.41) is 2.63. The first-order valence-electron chi connectivity index (χ1n) is 5.60. The minimum absolute atomic E-state index is 0.0862. The molecule has 0 radical (unpaired) electrons. The average Bonchev–Trinajstić information content (AvgIpc) is 2.37. The largest absolute Gasteiger partial charge is 0.399 e. The predicted octanol–water partition coefficient (Wildman–Crippen LogP) is 3.62. The number of carbonyl (C=O) groups is 1. The molecule has 0 saturated carbocycles. The first-order chi connectivity index (χ1) is 8.97. The molecule has 3 nitrogen and oxygen atoms in total. The van der Waals surface area contributed by atoms with Gasteiger partial charge in [-0.1, -0.05) is 17.7 Å². The molecule has 0 unspecified atom stereocenters. The molecule has 0 atom stereocenters. The van der Waals surface area contributed by atoms with Crippen LogP contribution in [-0.2, 0) is 0 Å². The van der Waals surface area contributed by atoms with Gasteiger partial charge in [-0.2, -0.15) is 0 Å². The summed E-state index contributed by atoms with van der Waals surface area (Å²) >= 11 is 5.64. The van der Waals surface area contributed by atoms with Gasteiger partial charge in [0.1, 0.15) is 5.82 Å². The van der Waals surface area contributed by atoms with Crippen LogP contribution in [0.2, 0.25) is 5.02 Å². The molecular weight excluding hydrogens is 267 g/mol. The molecule has 5 heteroatoms.